The molecule has 120 valence electrons. The van der Waals surface area contributed by atoms with E-state index in [-0.39, 0.29) is 6.10 Å². The molecule has 0 radical (unpaired) electrons. The third-order valence-electron chi connectivity index (χ3n) is 4.29. The molecule has 0 N–H and O–H groups in total. The molecular formula is C20H24N2O. The lowest BCUT2D eigenvalue weighted by Crippen LogP contribution is -2.15. The molecule has 2 atom stereocenters. The maximum absolute atomic E-state index is 6.10. The van der Waals surface area contributed by atoms with E-state index in [9.17, 15) is 0 Å². The molecule has 1 heterocycles. The van der Waals surface area contributed by atoms with Crippen molar-refractivity contribution in [3.05, 3.63) is 60.4 Å². The molecule has 0 saturated carbocycles. The summed E-state index contributed by atoms with van der Waals surface area (Å²) in [5.41, 5.74) is 2.22. The van der Waals surface area contributed by atoms with Gasteiger partial charge in [0.2, 0.25) is 0 Å². The zero-order chi connectivity index (χ0) is 16.2. The molecular weight excluding hydrogens is 284 g/mol. The van der Waals surface area contributed by atoms with Crippen molar-refractivity contribution < 1.29 is 4.74 Å². The maximum atomic E-state index is 6.10. The molecule has 0 amide bonds. The van der Waals surface area contributed by atoms with E-state index in [0.29, 0.717) is 5.92 Å². The highest BCUT2D eigenvalue weighted by Gasteiger charge is 2.19. The fraction of sp³-hybridized carbons (Fsp3) is 0.350. The predicted molar refractivity (Wildman–Crippen MR) is 94.7 cm³/mol. The molecule has 0 aliphatic heterocycles. The highest BCUT2D eigenvalue weighted by molar-refractivity contribution is 5.76. The second-order valence-corrected chi connectivity index (χ2v) is 6.16. The van der Waals surface area contributed by atoms with Crippen LogP contribution in [0.15, 0.2) is 54.6 Å². The standard InChI is InChI=1S/C20H24N2O/c1-4-15(2)14-22-19-13-9-8-12-18(19)21-20(22)16(3)23-17-10-6-5-7-11-17/h5-13,15-16H,4,14H2,1-3H3. The number of para-hydroxylation sites is 3. The van der Waals surface area contributed by atoms with Crippen LogP contribution in [0.25, 0.3) is 11.0 Å². The van der Waals surface area contributed by atoms with Crippen molar-refractivity contribution >= 4 is 11.0 Å². The van der Waals surface area contributed by atoms with Crippen molar-refractivity contribution in [2.45, 2.75) is 39.8 Å². The van der Waals surface area contributed by atoms with E-state index in [1.807, 2.05) is 36.4 Å². The van der Waals surface area contributed by atoms with Crippen LogP contribution in [0.3, 0.4) is 0 Å². The van der Waals surface area contributed by atoms with Crippen molar-refractivity contribution in [1.82, 2.24) is 9.55 Å². The first-order valence-electron chi connectivity index (χ1n) is 8.36. The third kappa shape index (κ3) is 3.39. The number of ether oxygens (including phenoxy) is 1. The molecule has 3 heteroatoms. The van der Waals surface area contributed by atoms with Gasteiger partial charge in [-0.25, -0.2) is 4.98 Å². The number of hydrogen-bond donors (Lipinski definition) is 0. The number of fused-ring (bicyclic) bond motifs is 1. The Morgan fingerprint density at radius 2 is 1.70 bits per heavy atom. The molecule has 3 aromatic rings. The van der Waals surface area contributed by atoms with Crippen LogP contribution < -0.4 is 4.74 Å². The Morgan fingerprint density at radius 1 is 1.00 bits per heavy atom. The van der Waals surface area contributed by atoms with Gasteiger partial charge in [-0.2, -0.15) is 0 Å². The highest BCUT2D eigenvalue weighted by Crippen LogP contribution is 2.26. The van der Waals surface area contributed by atoms with Crippen LogP contribution in [0.2, 0.25) is 0 Å². The Morgan fingerprint density at radius 3 is 2.43 bits per heavy atom. The van der Waals surface area contributed by atoms with Gasteiger partial charge in [0.15, 0.2) is 11.9 Å². The van der Waals surface area contributed by atoms with E-state index in [4.69, 9.17) is 9.72 Å². The van der Waals surface area contributed by atoms with Gasteiger partial charge in [0.05, 0.1) is 11.0 Å². The Labute approximate surface area is 137 Å². The van der Waals surface area contributed by atoms with Crippen LogP contribution >= 0.6 is 0 Å². The van der Waals surface area contributed by atoms with Gasteiger partial charge in [-0.05, 0) is 37.1 Å². The molecule has 0 aliphatic rings. The Hall–Kier alpha value is -2.29. The first-order valence-corrected chi connectivity index (χ1v) is 8.36. The topological polar surface area (TPSA) is 27.1 Å². The van der Waals surface area contributed by atoms with Gasteiger partial charge in [0, 0.05) is 6.54 Å². The van der Waals surface area contributed by atoms with Crippen LogP contribution in [0.4, 0.5) is 0 Å². The summed E-state index contributed by atoms with van der Waals surface area (Å²) in [4.78, 5) is 4.83. The minimum atomic E-state index is -0.0890. The Kier molecular flexibility index (Phi) is 4.65. The van der Waals surface area contributed by atoms with Gasteiger partial charge in [0.1, 0.15) is 5.75 Å². The maximum Gasteiger partial charge on any atom is 0.153 e. The average Bonchev–Trinajstić information content (AvgIpc) is 2.94. The molecule has 0 spiro atoms. The van der Waals surface area contributed by atoms with Crippen LogP contribution in [0.5, 0.6) is 5.75 Å². The number of aromatic nitrogens is 2. The van der Waals surface area contributed by atoms with Crippen molar-refractivity contribution in [2.75, 3.05) is 0 Å². The van der Waals surface area contributed by atoms with E-state index in [1.54, 1.807) is 0 Å². The van der Waals surface area contributed by atoms with E-state index in [1.165, 1.54) is 5.52 Å². The van der Waals surface area contributed by atoms with E-state index < -0.39 is 0 Å². The summed E-state index contributed by atoms with van der Waals surface area (Å²) in [6.45, 7) is 7.55. The van der Waals surface area contributed by atoms with Gasteiger partial charge in [-0.15, -0.1) is 0 Å². The molecule has 0 fully saturated rings. The lowest BCUT2D eigenvalue weighted by Gasteiger charge is -2.18. The van der Waals surface area contributed by atoms with Crippen molar-refractivity contribution in [3.63, 3.8) is 0 Å². The van der Waals surface area contributed by atoms with E-state index in [2.05, 4.69) is 43.5 Å². The molecule has 0 saturated heterocycles. The van der Waals surface area contributed by atoms with Gasteiger partial charge < -0.3 is 9.30 Å². The lowest BCUT2D eigenvalue weighted by molar-refractivity contribution is 0.209. The van der Waals surface area contributed by atoms with E-state index >= 15 is 0 Å². The van der Waals surface area contributed by atoms with Crippen LogP contribution in [-0.2, 0) is 6.54 Å². The second kappa shape index (κ2) is 6.86. The fourth-order valence-electron chi connectivity index (χ4n) is 2.79. The SMILES string of the molecule is CCC(C)Cn1c(C(C)Oc2ccccc2)nc2ccccc21. The number of imidazole rings is 1. The summed E-state index contributed by atoms with van der Waals surface area (Å²) in [5.74, 6) is 2.48. The van der Waals surface area contributed by atoms with Crippen molar-refractivity contribution in [1.29, 1.82) is 0 Å². The largest absolute Gasteiger partial charge is 0.483 e. The summed E-state index contributed by atoms with van der Waals surface area (Å²) in [6.07, 6.45) is 1.06. The number of rotatable bonds is 6. The number of benzene rings is 2. The minimum absolute atomic E-state index is 0.0890. The van der Waals surface area contributed by atoms with Crippen molar-refractivity contribution in [3.8, 4) is 5.75 Å². The fourth-order valence-corrected chi connectivity index (χ4v) is 2.79. The van der Waals surface area contributed by atoms with Gasteiger partial charge in [0.25, 0.3) is 0 Å². The van der Waals surface area contributed by atoms with Gasteiger partial charge in [-0.1, -0.05) is 50.6 Å². The molecule has 1 aromatic heterocycles. The Balaban J connectivity index is 1.96. The summed E-state index contributed by atoms with van der Waals surface area (Å²) in [6, 6.07) is 18.3. The van der Waals surface area contributed by atoms with Crippen molar-refractivity contribution in [2.24, 2.45) is 5.92 Å². The lowest BCUT2D eigenvalue weighted by atomic mass is 10.1. The first kappa shape index (κ1) is 15.6. The summed E-state index contributed by atoms with van der Waals surface area (Å²) in [5, 5.41) is 0. The Bertz CT molecular complexity index is 764. The second-order valence-electron chi connectivity index (χ2n) is 6.16. The summed E-state index contributed by atoms with van der Waals surface area (Å²) in [7, 11) is 0. The van der Waals surface area contributed by atoms with Crippen LogP contribution in [0, 0.1) is 5.92 Å². The van der Waals surface area contributed by atoms with E-state index in [0.717, 1.165) is 30.1 Å². The average molecular weight is 308 g/mol. The normalized spacial score (nSPS) is 13.9. The highest BCUT2D eigenvalue weighted by atomic mass is 16.5. The summed E-state index contributed by atoms with van der Waals surface area (Å²) >= 11 is 0. The molecule has 23 heavy (non-hydrogen) atoms. The first-order chi connectivity index (χ1) is 11.2. The molecule has 3 rings (SSSR count). The summed E-state index contributed by atoms with van der Waals surface area (Å²) < 4.78 is 8.42. The molecule has 0 bridgehead atoms. The smallest absolute Gasteiger partial charge is 0.153 e. The molecule has 2 aromatic carbocycles. The molecule has 2 unspecified atom stereocenters. The predicted octanol–water partition coefficient (Wildman–Crippen LogP) is 5.22. The monoisotopic (exact) mass is 308 g/mol. The molecule has 3 nitrogen and oxygen atoms in total. The number of nitrogens with zero attached hydrogens (tertiary/aromatic N) is 2. The van der Waals surface area contributed by atoms with Crippen LogP contribution in [-0.4, -0.2) is 9.55 Å². The number of hydrogen-bond acceptors (Lipinski definition) is 2. The van der Waals surface area contributed by atoms with Crippen LogP contribution in [0.1, 0.15) is 39.1 Å². The molecule has 0 aliphatic carbocycles. The zero-order valence-corrected chi connectivity index (χ0v) is 14.1. The minimum Gasteiger partial charge on any atom is -0.483 e. The van der Waals surface area contributed by atoms with Gasteiger partial charge >= 0.3 is 0 Å². The van der Waals surface area contributed by atoms with Gasteiger partial charge in [-0.3, -0.25) is 0 Å². The quantitative estimate of drug-likeness (QED) is 0.624. The third-order valence-corrected chi connectivity index (χ3v) is 4.29. The zero-order valence-electron chi connectivity index (χ0n) is 14.1.